The lowest BCUT2D eigenvalue weighted by molar-refractivity contribution is 0.482. The van der Waals surface area contributed by atoms with E-state index < -0.39 is 11.6 Å². The Hall–Kier alpha value is -1.68. The Morgan fingerprint density at radius 1 is 1.12 bits per heavy atom. The number of nitrogens with two attached hydrogens (primary N) is 1. The van der Waals surface area contributed by atoms with E-state index in [1.54, 1.807) is 13.0 Å². The Balaban J connectivity index is 2.50. The highest BCUT2D eigenvalue weighted by Gasteiger charge is 2.15. The molecule has 1 atom stereocenters. The van der Waals surface area contributed by atoms with Crippen molar-refractivity contribution in [1.82, 2.24) is 0 Å². The van der Waals surface area contributed by atoms with Gasteiger partial charge in [-0.15, -0.1) is 0 Å². The van der Waals surface area contributed by atoms with Crippen LogP contribution in [0.4, 0.5) is 8.78 Å². The summed E-state index contributed by atoms with van der Waals surface area (Å²) in [4.78, 5) is 0. The third kappa shape index (κ3) is 1.84. The van der Waals surface area contributed by atoms with E-state index in [0.717, 1.165) is 0 Å². The Morgan fingerprint density at radius 2 is 1.75 bits per heavy atom. The number of hydrogen-bond donors (Lipinski definition) is 1. The van der Waals surface area contributed by atoms with E-state index in [1.165, 1.54) is 24.3 Å². The molecule has 2 rings (SSSR count). The molecule has 16 heavy (non-hydrogen) atoms. The molecule has 0 aliphatic heterocycles. The number of rotatable bonds is 2. The van der Waals surface area contributed by atoms with Crippen LogP contribution in [0.5, 0.6) is 0 Å². The summed E-state index contributed by atoms with van der Waals surface area (Å²) in [6, 6.07) is 6.51. The topological polar surface area (TPSA) is 39.2 Å². The molecule has 0 aliphatic rings. The summed E-state index contributed by atoms with van der Waals surface area (Å²) in [7, 11) is 0. The predicted octanol–water partition coefficient (Wildman–Crippen LogP) is 3.24. The molecule has 0 amide bonds. The Kier molecular flexibility index (Phi) is 2.75. The molecule has 1 aromatic heterocycles. The SMILES string of the molecule is CC(N)c1ccc(-c2c(F)cccc2F)o1. The van der Waals surface area contributed by atoms with Crippen LogP contribution in [0.25, 0.3) is 11.3 Å². The van der Waals surface area contributed by atoms with E-state index in [1.807, 2.05) is 0 Å². The second-order valence-corrected chi connectivity index (χ2v) is 3.59. The van der Waals surface area contributed by atoms with Crippen molar-refractivity contribution in [1.29, 1.82) is 0 Å². The summed E-state index contributed by atoms with van der Waals surface area (Å²) < 4.78 is 32.1. The lowest BCUT2D eigenvalue weighted by Gasteiger charge is -2.02. The average molecular weight is 223 g/mol. The number of benzene rings is 1. The van der Waals surface area contributed by atoms with Crippen molar-refractivity contribution in [3.8, 4) is 11.3 Å². The first-order chi connectivity index (χ1) is 7.59. The van der Waals surface area contributed by atoms with Crippen LogP contribution in [-0.4, -0.2) is 0 Å². The van der Waals surface area contributed by atoms with Crippen molar-refractivity contribution in [3.63, 3.8) is 0 Å². The number of hydrogen-bond acceptors (Lipinski definition) is 2. The summed E-state index contributed by atoms with van der Waals surface area (Å²) in [5, 5.41) is 0. The molecule has 0 fully saturated rings. The maximum absolute atomic E-state index is 13.4. The van der Waals surface area contributed by atoms with Crippen LogP contribution in [0.1, 0.15) is 18.7 Å². The predicted molar refractivity (Wildman–Crippen MR) is 56.7 cm³/mol. The van der Waals surface area contributed by atoms with Crippen molar-refractivity contribution in [2.45, 2.75) is 13.0 Å². The molecular formula is C12H11F2NO. The maximum Gasteiger partial charge on any atom is 0.140 e. The van der Waals surface area contributed by atoms with Gasteiger partial charge in [-0.05, 0) is 31.2 Å². The average Bonchev–Trinajstić information content (AvgIpc) is 2.66. The van der Waals surface area contributed by atoms with Gasteiger partial charge in [0.25, 0.3) is 0 Å². The fourth-order valence-corrected chi connectivity index (χ4v) is 1.47. The van der Waals surface area contributed by atoms with Crippen LogP contribution < -0.4 is 5.73 Å². The summed E-state index contributed by atoms with van der Waals surface area (Å²) in [6.07, 6.45) is 0. The molecule has 0 saturated carbocycles. The minimum Gasteiger partial charge on any atom is -0.459 e. The molecule has 1 aromatic carbocycles. The minimum atomic E-state index is -0.648. The van der Waals surface area contributed by atoms with Crippen LogP contribution in [0.3, 0.4) is 0 Å². The van der Waals surface area contributed by atoms with Gasteiger partial charge in [0, 0.05) is 0 Å². The van der Waals surface area contributed by atoms with Gasteiger partial charge in [0.2, 0.25) is 0 Å². The van der Waals surface area contributed by atoms with Gasteiger partial charge >= 0.3 is 0 Å². The third-order valence-electron chi connectivity index (χ3n) is 2.28. The molecule has 84 valence electrons. The highest BCUT2D eigenvalue weighted by Crippen LogP contribution is 2.28. The zero-order valence-electron chi connectivity index (χ0n) is 8.71. The van der Waals surface area contributed by atoms with Crippen LogP contribution in [0.2, 0.25) is 0 Å². The minimum absolute atomic E-state index is 0.155. The first-order valence-electron chi connectivity index (χ1n) is 4.89. The highest BCUT2D eigenvalue weighted by molar-refractivity contribution is 5.59. The van der Waals surface area contributed by atoms with Crippen LogP contribution in [0.15, 0.2) is 34.7 Å². The van der Waals surface area contributed by atoms with Gasteiger partial charge in [0.05, 0.1) is 11.6 Å². The number of furan rings is 1. The first-order valence-corrected chi connectivity index (χ1v) is 4.89. The fraction of sp³-hybridized carbons (Fsp3) is 0.167. The molecule has 0 bridgehead atoms. The van der Waals surface area contributed by atoms with E-state index in [0.29, 0.717) is 5.76 Å². The standard InChI is InChI=1S/C12H11F2NO/c1-7(15)10-5-6-11(16-10)12-8(13)3-2-4-9(12)14/h2-7H,15H2,1H3. The molecule has 0 radical (unpaired) electrons. The normalized spacial score (nSPS) is 12.8. The zero-order valence-corrected chi connectivity index (χ0v) is 8.71. The monoisotopic (exact) mass is 223 g/mol. The van der Waals surface area contributed by atoms with Gasteiger partial charge in [0.15, 0.2) is 0 Å². The zero-order chi connectivity index (χ0) is 11.7. The van der Waals surface area contributed by atoms with Gasteiger partial charge in [-0.1, -0.05) is 6.07 Å². The molecule has 0 saturated heterocycles. The van der Waals surface area contributed by atoms with Crippen molar-refractivity contribution in [3.05, 3.63) is 47.7 Å². The van der Waals surface area contributed by atoms with Gasteiger partial charge in [-0.25, -0.2) is 8.78 Å². The largest absolute Gasteiger partial charge is 0.459 e. The molecule has 2 nitrogen and oxygen atoms in total. The summed E-state index contributed by atoms with van der Waals surface area (Å²) >= 11 is 0. The summed E-state index contributed by atoms with van der Waals surface area (Å²) in [5.41, 5.74) is 5.44. The van der Waals surface area contributed by atoms with Gasteiger partial charge in [0.1, 0.15) is 23.2 Å². The maximum atomic E-state index is 13.4. The molecular weight excluding hydrogens is 212 g/mol. The number of halogens is 2. The van der Waals surface area contributed by atoms with Crippen LogP contribution in [-0.2, 0) is 0 Å². The second kappa shape index (κ2) is 4.06. The van der Waals surface area contributed by atoms with Crippen LogP contribution in [0, 0.1) is 11.6 Å². The van der Waals surface area contributed by atoms with Gasteiger partial charge in [-0.3, -0.25) is 0 Å². The molecule has 0 aliphatic carbocycles. The second-order valence-electron chi connectivity index (χ2n) is 3.59. The fourth-order valence-electron chi connectivity index (χ4n) is 1.47. The molecule has 1 heterocycles. The molecule has 0 spiro atoms. The van der Waals surface area contributed by atoms with E-state index in [2.05, 4.69) is 0 Å². The van der Waals surface area contributed by atoms with E-state index in [4.69, 9.17) is 10.2 Å². The van der Waals surface area contributed by atoms with Gasteiger partial charge < -0.3 is 10.2 Å². The smallest absolute Gasteiger partial charge is 0.140 e. The Morgan fingerprint density at radius 3 is 2.25 bits per heavy atom. The van der Waals surface area contributed by atoms with Crippen molar-refractivity contribution < 1.29 is 13.2 Å². The lowest BCUT2D eigenvalue weighted by atomic mass is 10.1. The van der Waals surface area contributed by atoms with Crippen molar-refractivity contribution in [2.24, 2.45) is 5.73 Å². The van der Waals surface area contributed by atoms with Gasteiger partial charge in [-0.2, -0.15) is 0 Å². The van der Waals surface area contributed by atoms with Crippen molar-refractivity contribution in [2.75, 3.05) is 0 Å². The Bertz CT molecular complexity index is 485. The van der Waals surface area contributed by atoms with E-state index in [-0.39, 0.29) is 17.4 Å². The van der Waals surface area contributed by atoms with Crippen LogP contribution >= 0.6 is 0 Å². The summed E-state index contributed by atoms with van der Waals surface area (Å²) in [5.74, 6) is -0.642. The quantitative estimate of drug-likeness (QED) is 0.848. The third-order valence-corrected chi connectivity index (χ3v) is 2.28. The highest BCUT2D eigenvalue weighted by atomic mass is 19.1. The van der Waals surface area contributed by atoms with E-state index in [9.17, 15) is 8.78 Å². The molecule has 4 heteroatoms. The molecule has 2 aromatic rings. The Labute approximate surface area is 91.7 Å². The lowest BCUT2D eigenvalue weighted by Crippen LogP contribution is -2.02. The molecule has 1 unspecified atom stereocenters. The summed E-state index contributed by atoms with van der Waals surface area (Å²) in [6.45, 7) is 1.74. The molecule has 2 N–H and O–H groups in total. The first kappa shape index (κ1) is 10.8. The van der Waals surface area contributed by atoms with E-state index >= 15 is 0 Å². The van der Waals surface area contributed by atoms with Crippen molar-refractivity contribution >= 4 is 0 Å².